The maximum absolute atomic E-state index is 13.4. The van der Waals surface area contributed by atoms with Gasteiger partial charge in [-0.1, -0.05) is 12.1 Å². The number of benzene rings is 1. The number of nitrogens with zero attached hydrogens (tertiary/aromatic N) is 5. The number of hydrogen-bond donors (Lipinski definition) is 1. The van der Waals surface area contributed by atoms with Crippen LogP contribution in [-0.2, 0) is 4.74 Å². The van der Waals surface area contributed by atoms with E-state index in [4.69, 9.17) is 0 Å². The highest BCUT2D eigenvalue weighted by Crippen LogP contribution is 2.31. The first-order valence-electron chi connectivity index (χ1n) is 9.97. The first-order valence-corrected chi connectivity index (χ1v) is 9.97. The van der Waals surface area contributed by atoms with Crippen LogP contribution < -0.4 is 5.32 Å². The highest BCUT2D eigenvalue weighted by atomic mass is 19.1. The number of pyridine rings is 2. The number of ether oxygens (including phenoxy) is 1. The van der Waals surface area contributed by atoms with Gasteiger partial charge in [0.05, 0.1) is 24.7 Å². The Labute approximate surface area is 187 Å². The number of hydrogen-bond acceptors (Lipinski definition) is 6. The third-order valence-corrected chi connectivity index (χ3v) is 5.12. The van der Waals surface area contributed by atoms with Crippen LogP contribution in [0.15, 0.2) is 79.6 Å². The Morgan fingerprint density at radius 3 is 2.45 bits per heavy atom. The zero-order valence-corrected chi connectivity index (χ0v) is 17.4. The third kappa shape index (κ3) is 3.99. The second-order valence-corrected chi connectivity index (χ2v) is 7.13. The summed E-state index contributed by atoms with van der Waals surface area (Å²) in [5.41, 5.74) is 5.56. The van der Waals surface area contributed by atoms with Crippen molar-refractivity contribution < 1.29 is 13.9 Å². The molecule has 1 N–H and O–H groups in total. The average Bonchev–Trinajstić information content (AvgIpc) is 3.28. The van der Waals surface area contributed by atoms with E-state index in [9.17, 15) is 9.18 Å². The molecule has 162 valence electrons. The van der Waals surface area contributed by atoms with E-state index in [0.717, 1.165) is 33.6 Å². The van der Waals surface area contributed by atoms with Gasteiger partial charge in [0.2, 0.25) is 0 Å². The fourth-order valence-electron chi connectivity index (χ4n) is 3.51. The van der Waals surface area contributed by atoms with Crippen molar-refractivity contribution in [2.45, 2.75) is 0 Å². The predicted octanol–water partition coefficient (Wildman–Crippen LogP) is 4.84. The Morgan fingerprint density at radius 1 is 0.909 bits per heavy atom. The van der Waals surface area contributed by atoms with Crippen LogP contribution in [0.2, 0.25) is 0 Å². The first kappa shape index (κ1) is 20.3. The van der Waals surface area contributed by atoms with Crippen LogP contribution in [0.5, 0.6) is 0 Å². The summed E-state index contributed by atoms with van der Waals surface area (Å²) in [6.07, 6.45) is 7.95. The number of nitrogens with one attached hydrogen (secondary N) is 1. The normalized spacial score (nSPS) is 10.8. The predicted molar refractivity (Wildman–Crippen MR) is 121 cm³/mol. The largest absolute Gasteiger partial charge is 0.453 e. The summed E-state index contributed by atoms with van der Waals surface area (Å²) in [7, 11) is 1.29. The van der Waals surface area contributed by atoms with Gasteiger partial charge in [0.15, 0.2) is 0 Å². The number of amides is 1. The van der Waals surface area contributed by atoms with Crippen molar-refractivity contribution >= 4 is 17.6 Å². The molecule has 0 atom stereocenters. The first-order chi connectivity index (χ1) is 16.1. The maximum Gasteiger partial charge on any atom is 0.412 e. The van der Waals surface area contributed by atoms with E-state index in [0.29, 0.717) is 11.5 Å². The van der Waals surface area contributed by atoms with Gasteiger partial charge in [-0.05, 0) is 42.0 Å². The van der Waals surface area contributed by atoms with Gasteiger partial charge >= 0.3 is 6.09 Å². The zero-order valence-electron chi connectivity index (χ0n) is 17.4. The van der Waals surface area contributed by atoms with E-state index in [2.05, 4.69) is 30.0 Å². The Hall–Kier alpha value is -4.66. The summed E-state index contributed by atoms with van der Waals surface area (Å²) < 4.78 is 19.9. The molecule has 0 saturated carbocycles. The van der Waals surface area contributed by atoms with E-state index >= 15 is 0 Å². The Kier molecular flexibility index (Phi) is 5.19. The number of rotatable bonds is 4. The molecule has 1 aromatic carbocycles. The SMILES string of the molecule is COC(=O)Nc1ccc(-c2cnc3ccc(-c4ncncc4-c4ccc(F)cc4)cn23)cn1. The molecule has 1 amide bonds. The third-order valence-electron chi connectivity index (χ3n) is 5.12. The van der Waals surface area contributed by atoms with Crippen molar-refractivity contribution in [2.24, 2.45) is 0 Å². The number of methoxy groups -OCH3 is 1. The van der Waals surface area contributed by atoms with Crippen LogP contribution >= 0.6 is 0 Å². The van der Waals surface area contributed by atoms with Crippen molar-refractivity contribution in [2.75, 3.05) is 12.4 Å². The van der Waals surface area contributed by atoms with Crippen molar-refractivity contribution in [3.63, 3.8) is 0 Å². The molecule has 0 aliphatic carbocycles. The molecule has 9 heteroatoms. The minimum atomic E-state index is -0.587. The molecule has 4 heterocycles. The van der Waals surface area contributed by atoms with Crippen LogP contribution in [0.4, 0.5) is 15.0 Å². The lowest BCUT2D eigenvalue weighted by Crippen LogP contribution is -2.11. The number of anilines is 1. The Bertz CT molecular complexity index is 1450. The fourth-order valence-corrected chi connectivity index (χ4v) is 3.51. The van der Waals surface area contributed by atoms with Crippen LogP contribution in [0.25, 0.3) is 39.3 Å². The van der Waals surface area contributed by atoms with Gasteiger partial charge < -0.3 is 4.74 Å². The molecule has 5 aromatic rings. The van der Waals surface area contributed by atoms with Gasteiger partial charge in [0, 0.05) is 35.3 Å². The molecule has 0 radical (unpaired) electrons. The highest BCUT2D eigenvalue weighted by Gasteiger charge is 2.13. The minimum absolute atomic E-state index is 0.303. The zero-order chi connectivity index (χ0) is 22.8. The molecule has 0 unspecified atom stereocenters. The lowest BCUT2D eigenvalue weighted by molar-refractivity contribution is 0.187. The number of carbonyl (C=O) groups is 1. The number of halogens is 1. The lowest BCUT2D eigenvalue weighted by Gasteiger charge is -2.10. The fraction of sp³-hybridized carbons (Fsp3) is 0.0417. The van der Waals surface area contributed by atoms with Gasteiger partial charge in [-0.15, -0.1) is 0 Å². The summed E-state index contributed by atoms with van der Waals surface area (Å²) in [5, 5.41) is 2.52. The number of fused-ring (bicyclic) bond motifs is 1. The molecule has 0 saturated heterocycles. The van der Waals surface area contributed by atoms with Gasteiger partial charge in [0.25, 0.3) is 0 Å². The molecule has 4 aromatic heterocycles. The topological polar surface area (TPSA) is 94.3 Å². The minimum Gasteiger partial charge on any atom is -0.453 e. The smallest absolute Gasteiger partial charge is 0.412 e. The summed E-state index contributed by atoms with van der Waals surface area (Å²) >= 11 is 0. The van der Waals surface area contributed by atoms with E-state index in [1.165, 1.54) is 25.6 Å². The highest BCUT2D eigenvalue weighted by molar-refractivity contribution is 5.83. The summed E-state index contributed by atoms with van der Waals surface area (Å²) in [6, 6.07) is 13.6. The molecule has 5 rings (SSSR count). The monoisotopic (exact) mass is 440 g/mol. The molecular weight excluding hydrogens is 423 g/mol. The van der Waals surface area contributed by atoms with Crippen LogP contribution in [-0.4, -0.2) is 37.5 Å². The summed E-state index contributed by atoms with van der Waals surface area (Å²) in [4.78, 5) is 28.8. The molecule has 0 fully saturated rings. The van der Waals surface area contributed by atoms with Gasteiger partial charge in [-0.3, -0.25) is 9.72 Å². The van der Waals surface area contributed by atoms with Crippen molar-refractivity contribution in [1.29, 1.82) is 0 Å². The number of aromatic nitrogens is 5. The van der Waals surface area contributed by atoms with E-state index in [1.807, 2.05) is 28.8 Å². The molecular formula is C24H17FN6O2. The second-order valence-electron chi connectivity index (χ2n) is 7.13. The average molecular weight is 440 g/mol. The van der Waals surface area contributed by atoms with E-state index in [-0.39, 0.29) is 5.82 Å². The van der Waals surface area contributed by atoms with Crippen molar-refractivity contribution in [1.82, 2.24) is 24.3 Å². The van der Waals surface area contributed by atoms with Crippen LogP contribution in [0.1, 0.15) is 0 Å². The second kappa shape index (κ2) is 8.46. The van der Waals surface area contributed by atoms with Crippen LogP contribution in [0, 0.1) is 5.82 Å². The van der Waals surface area contributed by atoms with Gasteiger partial charge in [-0.25, -0.2) is 29.1 Å². The Balaban J connectivity index is 1.55. The summed E-state index contributed by atoms with van der Waals surface area (Å²) in [6.45, 7) is 0. The van der Waals surface area contributed by atoms with Crippen molar-refractivity contribution in [3.8, 4) is 33.6 Å². The molecule has 33 heavy (non-hydrogen) atoms. The quantitative estimate of drug-likeness (QED) is 0.430. The van der Waals surface area contributed by atoms with Crippen LogP contribution in [0.3, 0.4) is 0 Å². The van der Waals surface area contributed by atoms with Crippen molar-refractivity contribution in [3.05, 3.63) is 85.5 Å². The number of carbonyl (C=O) groups excluding carboxylic acids is 1. The molecule has 0 spiro atoms. The van der Waals surface area contributed by atoms with Gasteiger partial charge in [0.1, 0.15) is 23.6 Å². The Morgan fingerprint density at radius 2 is 1.70 bits per heavy atom. The lowest BCUT2D eigenvalue weighted by atomic mass is 10.0. The summed E-state index contributed by atoms with van der Waals surface area (Å²) in [5.74, 6) is 0.0769. The molecule has 0 aliphatic rings. The van der Waals surface area contributed by atoms with E-state index < -0.39 is 6.09 Å². The van der Waals surface area contributed by atoms with E-state index in [1.54, 1.807) is 36.8 Å². The maximum atomic E-state index is 13.4. The molecule has 0 aliphatic heterocycles. The standard InChI is InChI=1S/C24H17FN6O2/c1-33-24(32)30-21-8-4-16(10-27-21)20-12-28-22-9-5-17(13-31(20)22)23-19(11-26-14-29-23)15-2-6-18(25)7-3-15/h2-14H,1H3,(H,27,30,32). The van der Waals surface area contributed by atoms with Gasteiger partial charge in [-0.2, -0.15) is 0 Å². The molecule has 8 nitrogen and oxygen atoms in total. The number of imidazole rings is 1. The molecule has 0 bridgehead atoms.